The van der Waals surface area contributed by atoms with E-state index in [0.29, 0.717) is 50.5 Å². The van der Waals surface area contributed by atoms with Crippen molar-refractivity contribution in [2.45, 2.75) is 6.92 Å². The Morgan fingerprint density at radius 1 is 1.22 bits per heavy atom. The lowest BCUT2D eigenvalue weighted by Crippen LogP contribution is -2.33. The van der Waals surface area contributed by atoms with Crippen molar-refractivity contribution in [3.05, 3.63) is 68.7 Å². The van der Waals surface area contributed by atoms with Gasteiger partial charge in [-0.25, -0.2) is 13.4 Å². The van der Waals surface area contributed by atoms with Gasteiger partial charge in [-0.05, 0) is 43.3 Å². The molecule has 0 saturated carbocycles. The summed E-state index contributed by atoms with van der Waals surface area (Å²) in [6.07, 6.45) is 6.97. The highest BCUT2D eigenvalue weighted by Gasteiger charge is 2.29. The van der Waals surface area contributed by atoms with Crippen molar-refractivity contribution in [1.82, 2.24) is 14.7 Å². The van der Waals surface area contributed by atoms with Crippen molar-refractivity contribution in [2.24, 2.45) is 0 Å². The van der Waals surface area contributed by atoms with Gasteiger partial charge in [-0.2, -0.15) is 0 Å². The Morgan fingerprint density at radius 3 is 2.69 bits per heavy atom. The summed E-state index contributed by atoms with van der Waals surface area (Å²) in [6, 6.07) is 7.40. The molecule has 0 atom stereocenters. The van der Waals surface area contributed by atoms with E-state index in [4.69, 9.17) is 16.6 Å². The normalized spacial score (nSPS) is 15.0. The molecule has 4 heterocycles. The first-order valence-electron chi connectivity index (χ1n) is 10.0. The van der Waals surface area contributed by atoms with Crippen LogP contribution >= 0.6 is 11.6 Å². The Morgan fingerprint density at radius 2 is 1.97 bits per heavy atom. The second-order valence-corrected chi connectivity index (χ2v) is 10.0. The maximum Gasteiger partial charge on any atom is 0.258 e. The molecule has 2 N–H and O–H groups in total. The molecule has 0 saturated heterocycles. The van der Waals surface area contributed by atoms with E-state index in [9.17, 15) is 13.2 Å². The van der Waals surface area contributed by atoms with Crippen molar-refractivity contribution < 1.29 is 8.42 Å². The van der Waals surface area contributed by atoms with E-state index in [0.717, 1.165) is 5.69 Å². The number of hydrogen-bond acceptors (Lipinski definition) is 6. The average Bonchev–Trinajstić information content (AvgIpc) is 2.98. The fourth-order valence-electron chi connectivity index (χ4n) is 4.06. The average molecular weight is 470 g/mol. The van der Waals surface area contributed by atoms with Crippen LogP contribution in [0.3, 0.4) is 0 Å². The zero-order valence-electron chi connectivity index (χ0n) is 17.4. The number of H-pyrrole nitrogens is 1. The Balaban J connectivity index is 1.83. The second kappa shape index (κ2) is 7.39. The Bertz CT molecular complexity index is 1530. The highest BCUT2D eigenvalue weighted by atomic mass is 35.5. The number of hydrogen-bond donors (Lipinski definition) is 2. The minimum absolute atomic E-state index is 0.0665. The first kappa shape index (κ1) is 20.6. The van der Waals surface area contributed by atoms with Crippen LogP contribution in [0.15, 0.2) is 47.5 Å². The molecule has 10 heteroatoms. The summed E-state index contributed by atoms with van der Waals surface area (Å²) in [5.41, 5.74) is 2.74. The summed E-state index contributed by atoms with van der Waals surface area (Å²) in [6.45, 7) is 2.08. The van der Waals surface area contributed by atoms with Gasteiger partial charge in [0, 0.05) is 41.9 Å². The lowest BCUT2D eigenvalue weighted by Gasteiger charge is -2.26. The van der Waals surface area contributed by atoms with Crippen molar-refractivity contribution in [1.29, 1.82) is 0 Å². The summed E-state index contributed by atoms with van der Waals surface area (Å²) in [7, 11) is -1.70. The minimum Gasteiger partial charge on any atom is -0.350 e. The Labute approximate surface area is 189 Å². The van der Waals surface area contributed by atoms with E-state index in [-0.39, 0.29) is 11.3 Å². The summed E-state index contributed by atoms with van der Waals surface area (Å²) in [5.74, 6) is 0.543. The van der Waals surface area contributed by atoms with Gasteiger partial charge in [0.15, 0.2) is 0 Å². The van der Waals surface area contributed by atoms with Crippen LogP contribution < -0.4 is 30.6 Å². The van der Waals surface area contributed by atoms with Crippen LogP contribution in [0.1, 0.15) is 6.92 Å². The minimum atomic E-state index is -3.52. The third-order valence-electron chi connectivity index (χ3n) is 5.65. The number of halogens is 1. The molecule has 0 aliphatic carbocycles. The van der Waals surface area contributed by atoms with Crippen LogP contribution in [-0.4, -0.2) is 37.7 Å². The topological polar surface area (TPSA) is 98.4 Å². The van der Waals surface area contributed by atoms with E-state index in [1.54, 1.807) is 42.4 Å². The van der Waals surface area contributed by atoms with E-state index < -0.39 is 10.0 Å². The van der Waals surface area contributed by atoms with Crippen LogP contribution in [0.25, 0.3) is 22.9 Å². The number of benzene rings is 1. The quantitative estimate of drug-likeness (QED) is 0.600. The van der Waals surface area contributed by atoms with Crippen LogP contribution in [0.5, 0.6) is 0 Å². The van der Waals surface area contributed by atoms with Gasteiger partial charge in [0.1, 0.15) is 5.82 Å². The molecule has 4 aliphatic heterocycles. The van der Waals surface area contributed by atoms with Crippen LogP contribution in [0, 0.1) is 0 Å². The zero-order chi connectivity index (χ0) is 22.6. The zero-order valence-corrected chi connectivity index (χ0v) is 19.0. The van der Waals surface area contributed by atoms with E-state index in [1.165, 1.54) is 0 Å². The fraction of sp³-hybridized carbons (Fsp3) is 0.182. The molecule has 0 aromatic heterocycles. The molecule has 1 aromatic rings. The molecule has 0 spiro atoms. The number of nitrogens with zero attached hydrogens (tertiary/aromatic N) is 3. The molecule has 8 nitrogen and oxygen atoms in total. The van der Waals surface area contributed by atoms with Crippen molar-refractivity contribution in [2.75, 3.05) is 29.1 Å². The molecule has 1 aromatic carbocycles. The van der Waals surface area contributed by atoms with Crippen LogP contribution in [0.4, 0.5) is 17.2 Å². The van der Waals surface area contributed by atoms with Gasteiger partial charge in [0.25, 0.3) is 5.56 Å². The van der Waals surface area contributed by atoms with Gasteiger partial charge in [-0.15, -0.1) is 0 Å². The molecule has 0 amide bonds. The second-order valence-electron chi connectivity index (χ2n) is 7.60. The van der Waals surface area contributed by atoms with Crippen LogP contribution in [0.2, 0.25) is 5.02 Å². The number of aromatic nitrogens is 2. The lowest BCUT2D eigenvalue weighted by molar-refractivity contribution is 0.593. The van der Waals surface area contributed by atoms with Crippen molar-refractivity contribution in [3.63, 3.8) is 0 Å². The number of sulfonamides is 1. The number of fused-ring (bicyclic) bond motifs is 2. The van der Waals surface area contributed by atoms with E-state index >= 15 is 0 Å². The summed E-state index contributed by atoms with van der Waals surface area (Å²) in [4.78, 5) is 24.6. The predicted molar refractivity (Wildman–Crippen MR) is 127 cm³/mol. The largest absolute Gasteiger partial charge is 0.350 e. The molecular weight excluding hydrogens is 450 g/mol. The predicted octanol–water partition coefficient (Wildman–Crippen LogP) is 1.47. The molecule has 164 valence electrons. The standard InChI is InChI=1S/C22H20ClN5O3S/c1-3-32(30,31)26-16-8-10-27(2)20-15(16)12-24-21-18-17(25-22(29)19(18)20)9-11-28(21)14-6-4-13(23)5-7-14/h4-10,12,26H,3,11H2,1-2H3,(H,25,29). The van der Waals surface area contributed by atoms with Gasteiger partial charge in [-0.3, -0.25) is 9.52 Å². The molecule has 5 rings (SSSR count). The maximum absolute atomic E-state index is 13.1. The van der Waals surface area contributed by atoms with Gasteiger partial charge in [0.05, 0.1) is 33.6 Å². The van der Waals surface area contributed by atoms with Gasteiger partial charge < -0.3 is 14.8 Å². The number of aromatic amines is 1. The number of nitrogens with one attached hydrogen (secondary N) is 2. The molecule has 4 aliphatic rings. The van der Waals surface area contributed by atoms with Gasteiger partial charge >= 0.3 is 0 Å². The van der Waals surface area contributed by atoms with E-state index in [2.05, 4.69) is 9.71 Å². The Kier molecular flexibility index (Phi) is 4.75. The first-order valence-corrected chi connectivity index (χ1v) is 12.1. The van der Waals surface area contributed by atoms with Crippen molar-refractivity contribution in [3.8, 4) is 11.1 Å². The third kappa shape index (κ3) is 3.25. The summed E-state index contributed by atoms with van der Waals surface area (Å²) in [5, 5.41) is 1.86. The molecular formula is C22H20ClN5O3S. The van der Waals surface area contributed by atoms with Crippen molar-refractivity contribution >= 4 is 50.6 Å². The Hall–Kier alpha value is -3.30. The maximum atomic E-state index is 13.1. The number of rotatable bonds is 4. The molecule has 0 radical (unpaired) electrons. The monoisotopic (exact) mass is 469 g/mol. The number of anilines is 3. The highest BCUT2D eigenvalue weighted by Crippen LogP contribution is 2.36. The smallest absolute Gasteiger partial charge is 0.258 e. The van der Waals surface area contributed by atoms with Gasteiger partial charge in [-0.1, -0.05) is 11.6 Å². The SMILES string of the molecule is CCS(=O)(=O)NC1=c2cnc3c4c([nH]c(=O)c-4c2N(C)C=C1)=CCN3c1ccc(Cl)cc1. The summed E-state index contributed by atoms with van der Waals surface area (Å²) >= 11 is 6.06. The molecule has 32 heavy (non-hydrogen) atoms. The molecule has 0 bridgehead atoms. The van der Waals surface area contributed by atoms with E-state index in [1.807, 2.05) is 30.2 Å². The molecule has 0 fully saturated rings. The summed E-state index contributed by atoms with van der Waals surface area (Å²) < 4.78 is 27.2. The molecule has 0 unspecified atom stereocenters. The highest BCUT2D eigenvalue weighted by molar-refractivity contribution is 7.89. The third-order valence-corrected chi connectivity index (χ3v) is 7.19. The fourth-order valence-corrected chi connectivity index (χ4v) is 4.84. The van der Waals surface area contributed by atoms with Crippen LogP contribution in [-0.2, 0) is 10.0 Å². The van der Waals surface area contributed by atoms with Gasteiger partial charge in [0.2, 0.25) is 10.0 Å². The lowest BCUT2D eigenvalue weighted by atomic mass is 10.0. The first-order chi connectivity index (χ1) is 15.3.